The van der Waals surface area contributed by atoms with Crippen molar-refractivity contribution in [3.63, 3.8) is 0 Å². The summed E-state index contributed by atoms with van der Waals surface area (Å²) in [5.41, 5.74) is 5.83. The molecule has 17 heavy (non-hydrogen) atoms. The maximum Gasteiger partial charge on any atom is 0.261 e. The molecule has 0 spiro atoms. The highest BCUT2D eigenvalue weighted by molar-refractivity contribution is 5.80. The zero-order chi connectivity index (χ0) is 12.8. The number of nitrogens with two attached hydrogens (primary N) is 1. The largest absolute Gasteiger partial charge is 0.463 e. The lowest BCUT2D eigenvalue weighted by Crippen LogP contribution is -2.38. The van der Waals surface area contributed by atoms with Gasteiger partial charge in [-0.2, -0.15) is 0 Å². The molecule has 7 heteroatoms. The van der Waals surface area contributed by atoms with Gasteiger partial charge in [-0.05, 0) is 19.1 Å². The number of halogens is 2. The highest BCUT2D eigenvalue weighted by Gasteiger charge is 2.17. The van der Waals surface area contributed by atoms with Crippen LogP contribution in [0.2, 0.25) is 0 Å². The fraction of sp³-hybridized carbons (Fsp3) is 0.400. The molecule has 0 saturated carbocycles. The maximum atomic E-state index is 11.9. The van der Waals surface area contributed by atoms with Gasteiger partial charge in [0.25, 0.3) is 12.3 Å². The number of pyridine rings is 1. The van der Waals surface area contributed by atoms with E-state index in [4.69, 9.17) is 10.5 Å². The normalized spacial score (nSPS) is 12.2. The first-order valence-corrected chi connectivity index (χ1v) is 4.93. The Labute approximate surface area is 97.0 Å². The average Bonchev–Trinajstić information content (AvgIpc) is 2.28. The molecule has 0 aliphatic rings. The van der Waals surface area contributed by atoms with Crippen molar-refractivity contribution in [1.29, 1.82) is 0 Å². The van der Waals surface area contributed by atoms with Crippen molar-refractivity contribution in [3.8, 4) is 5.88 Å². The van der Waals surface area contributed by atoms with Crippen LogP contribution in [0.5, 0.6) is 5.88 Å². The fourth-order valence-corrected chi connectivity index (χ4v) is 1.04. The number of alkyl halides is 2. The van der Waals surface area contributed by atoms with Crippen LogP contribution in [0.25, 0.3) is 0 Å². The summed E-state index contributed by atoms with van der Waals surface area (Å²) < 4.78 is 28.9. The third kappa shape index (κ3) is 4.21. The smallest absolute Gasteiger partial charge is 0.261 e. The number of carbonyl (C=O) groups excluding carboxylic acids is 1. The van der Waals surface area contributed by atoms with Gasteiger partial charge in [-0.3, -0.25) is 4.79 Å². The summed E-state index contributed by atoms with van der Waals surface area (Å²) in [6.45, 7) is 0.721. The number of hydrogen-bond acceptors (Lipinski definition) is 4. The van der Waals surface area contributed by atoms with Crippen LogP contribution in [-0.2, 0) is 4.79 Å². The maximum absolute atomic E-state index is 11.9. The molecule has 94 valence electrons. The number of nitrogens with one attached hydrogen (secondary N) is 1. The lowest BCUT2D eigenvalue weighted by molar-refractivity contribution is -0.128. The molecule has 0 aliphatic carbocycles. The van der Waals surface area contributed by atoms with Gasteiger partial charge in [0.2, 0.25) is 5.88 Å². The van der Waals surface area contributed by atoms with Crippen LogP contribution in [-0.4, -0.2) is 30.0 Å². The van der Waals surface area contributed by atoms with Crippen molar-refractivity contribution in [2.75, 3.05) is 12.3 Å². The van der Waals surface area contributed by atoms with Crippen molar-refractivity contribution in [1.82, 2.24) is 10.3 Å². The Kier molecular flexibility index (Phi) is 4.62. The van der Waals surface area contributed by atoms with E-state index in [1.54, 1.807) is 12.1 Å². The lowest BCUT2D eigenvalue weighted by Gasteiger charge is -2.14. The summed E-state index contributed by atoms with van der Waals surface area (Å²) in [4.78, 5) is 15.1. The van der Waals surface area contributed by atoms with Gasteiger partial charge in [0.1, 0.15) is 0 Å². The molecule has 1 atom stereocenters. The first-order valence-electron chi connectivity index (χ1n) is 4.93. The number of hydrogen-bond donors (Lipinski definition) is 2. The van der Waals surface area contributed by atoms with Gasteiger partial charge < -0.3 is 15.8 Å². The Morgan fingerprint density at radius 2 is 2.35 bits per heavy atom. The monoisotopic (exact) mass is 245 g/mol. The fourth-order valence-electron chi connectivity index (χ4n) is 1.04. The summed E-state index contributed by atoms with van der Waals surface area (Å²) in [5.74, 6) is -0.539. The van der Waals surface area contributed by atoms with E-state index in [-0.39, 0.29) is 11.6 Å². The number of nitrogens with zero attached hydrogens (tertiary/aromatic N) is 1. The van der Waals surface area contributed by atoms with Crippen LogP contribution in [0.1, 0.15) is 6.92 Å². The van der Waals surface area contributed by atoms with Crippen molar-refractivity contribution in [2.24, 2.45) is 0 Å². The molecule has 0 unspecified atom stereocenters. The van der Waals surface area contributed by atoms with Gasteiger partial charge in [-0.1, -0.05) is 0 Å². The second-order valence-electron chi connectivity index (χ2n) is 3.29. The minimum absolute atomic E-state index is 0.104. The van der Waals surface area contributed by atoms with Crippen LogP contribution < -0.4 is 15.8 Å². The molecule has 5 nitrogen and oxygen atoms in total. The van der Waals surface area contributed by atoms with E-state index in [9.17, 15) is 13.6 Å². The lowest BCUT2D eigenvalue weighted by atomic mass is 10.3. The molecule has 0 bridgehead atoms. The van der Waals surface area contributed by atoms with E-state index in [1.165, 1.54) is 13.1 Å². The van der Waals surface area contributed by atoms with E-state index < -0.39 is 25.0 Å². The predicted octanol–water partition coefficient (Wildman–Crippen LogP) is 0.812. The topological polar surface area (TPSA) is 77.2 Å². The Morgan fingerprint density at radius 1 is 1.65 bits per heavy atom. The van der Waals surface area contributed by atoms with Gasteiger partial charge in [-0.15, -0.1) is 0 Å². The molecular formula is C10H13F2N3O2. The number of rotatable bonds is 5. The van der Waals surface area contributed by atoms with Crippen LogP contribution in [0.3, 0.4) is 0 Å². The van der Waals surface area contributed by atoms with Crippen LogP contribution in [0.15, 0.2) is 18.3 Å². The number of nitrogen functional groups attached to an aromatic ring is 1. The zero-order valence-corrected chi connectivity index (χ0v) is 9.19. The van der Waals surface area contributed by atoms with E-state index >= 15 is 0 Å². The highest BCUT2D eigenvalue weighted by atomic mass is 19.3. The predicted molar refractivity (Wildman–Crippen MR) is 57.8 cm³/mol. The van der Waals surface area contributed by atoms with Crippen molar-refractivity contribution in [3.05, 3.63) is 18.3 Å². The Balaban J connectivity index is 2.51. The Morgan fingerprint density at radius 3 is 2.94 bits per heavy atom. The van der Waals surface area contributed by atoms with Gasteiger partial charge in [0.15, 0.2) is 6.10 Å². The highest BCUT2D eigenvalue weighted by Crippen LogP contribution is 2.17. The van der Waals surface area contributed by atoms with Crippen LogP contribution in [0.4, 0.5) is 14.5 Å². The third-order valence-corrected chi connectivity index (χ3v) is 1.89. The first-order chi connectivity index (χ1) is 8.00. The van der Waals surface area contributed by atoms with Crippen molar-refractivity contribution in [2.45, 2.75) is 19.5 Å². The third-order valence-electron chi connectivity index (χ3n) is 1.89. The molecule has 0 aliphatic heterocycles. The average molecular weight is 245 g/mol. The van der Waals surface area contributed by atoms with E-state index in [2.05, 4.69) is 4.98 Å². The summed E-state index contributed by atoms with van der Waals surface area (Å²) in [5, 5.41) is 2.04. The Hall–Kier alpha value is -1.92. The molecule has 0 aromatic carbocycles. The minimum Gasteiger partial charge on any atom is -0.463 e. The standard InChI is InChI=1S/C10H13F2N3O2/c1-6(9(16)15-5-8(11)12)17-10-7(13)3-2-4-14-10/h2-4,6,8H,5,13H2,1H3,(H,15,16)/t6-/m1/s1. The first kappa shape index (κ1) is 13.1. The summed E-state index contributed by atoms with van der Waals surface area (Å²) in [6.07, 6.45) is -2.08. The second-order valence-corrected chi connectivity index (χ2v) is 3.29. The molecule has 1 amide bonds. The van der Waals surface area contributed by atoms with Crippen LogP contribution in [0, 0.1) is 0 Å². The zero-order valence-electron chi connectivity index (χ0n) is 9.19. The van der Waals surface area contributed by atoms with Gasteiger partial charge in [0.05, 0.1) is 12.2 Å². The quantitative estimate of drug-likeness (QED) is 0.804. The molecule has 1 heterocycles. The molecule has 0 fully saturated rings. The van der Waals surface area contributed by atoms with E-state index in [1.807, 2.05) is 5.32 Å². The van der Waals surface area contributed by atoms with Crippen molar-refractivity contribution < 1.29 is 18.3 Å². The molecule has 1 rings (SSSR count). The van der Waals surface area contributed by atoms with Gasteiger partial charge >= 0.3 is 0 Å². The summed E-state index contributed by atoms with van der Waals surface area (Å²) in [6, 6.07) is 3.18. The molecule has 1 aromatic heterocycles. The molecule has 0 saturated heterocycles. The number of amides is 1. The van der Waals surface area contributed by atoms with E-state index in [0.29, 0.717) is 0 Å². The SMILES string of the molecule is C[C@@H](Oc1ncccc1N)C(=O)NCC(F)F. The van der Waals surface area contributed by atoms with E-state index in [0.717, 1.165) is 0 Å². The number of carbonyl (C=O) groups is 1. The molecule has 0 radical (unpaired) electrons. The summed E-state index contributed by atoms with van der Waals surface area (Å²) in [7, 11) is 0. The molecule has 3 N–H and O–H groups in total. The molecular weight excluding hydrogens is 232 g/mol. The minimum atomic E-state index is -2.59. The van der Waals surface area contributed by atoms with Crippen molar-refractivity contribution >= 4 is 11.6 Å². The van der Waals surface area contributed by atoms with Gasteiger partial charge in [-0.25, -0.2) is 13.8 Å². The number of ether oxygens (including phenoxy) is 1. The van der Waals surface area contributed by atoms with Crippen LogP contribution >= 0.6 is 0 Å². The number of aromatic nitrogens is 1. The second kappa shape index (κ2) is 5.97. The number of anilines is 1. The molecule has 1 aromatic rings. The van der Waals surface area contributed by atoms with Gasteiger partial charge in [0, 0.05) is 6.20 Å². The summed E-state index contributed by atoms with van der Waals surface area (Å²) >= 11 is 0. The Bertz CT molecular complexity index is 388.